The Balaban J connectivity index is 1.43. The molecule has 7 heteroatoms. The van der Waals surface area contributed by atoms with Crippen molar-refractivity contribution in [3.05, 3.63) is 48.0 Å². The second-order valence-electron chi connectivity index (χ2n) is 9.41. The summed E-state index contributed by atoms with van der Waals surface area (Å²) in [5.41, 5.74) is 0.928. The van der Waals surface area contributed by atoms with Crippen LogP contribution in [0.15, 0.2) is 42.5 Å². The van der Waals surface area contributed by atoms with Crippen molar-refractivity contribution in [3.8, 4) is 0 Å². The van der Waals surface area contributed by atoms with E-state index in [0.29, 0.717) is 19.4 Å². The molecular weight excluding hydrogens is 418 g/mol. The molecule has 1 unspecified atom stereocenters. The number of nitrogens with zero attached hydrogens (tertiary/aromatic N) is 2. The zero-order valence-corrected chi connectivity index (χ0v) is 19.2. The summed E-state index contributed by atoms with van der Waals surface area (Å²) < 4.78 is 0. The Morgan fingerprint density at radius 2 is 1.64 bits per heavy atom. The quantitative estimate of drug-likeness (QED) is 0.486. The first-order valence-electron chi connectivity index (χ1n) is 12.1. The smallest absolute Gasteiger partial charge is 0.242 e. The Morgan fingerprint density at radius 1 is 1.03 bits per heavy atom. The highest BCUT2D eigenvalue weighted by atomic mass is 16.2. The maximum absolute atomic E-state index is 13.3. The van der Waals surface area contributed by atoms with Gasteiger partial charge in [0, 0.05) is 25.6 Å². The van der Waals surface area contributed by atoms with Gasteiger partial charge in [-0.2, -0.15) is 0 Å². The molecule has 1 aliphatic heterocycles. The Morgan fingerprint density at radius 3 is 2.24 bits per heavy atom. The molecule has 2 aliphatic carbocycles. The zero-order chi connectivity index (χ0) is 23.4. The van der Waals surface area contributed by atoms with E-state index in [1.54, 1.807) is 11.8 Å². The van der Waals surface area contributed by atoms with Crippen LogP contribution in [0.3, 0.4) is 0 Å². The number of allylic oxidation sites excluding steroid dienone is 2. The van der Waals surface area contributed by atoms with E-state index in [1.807, 2.05) is 42.5 Å². The molecule has 1 N–H and O–H groups in total. The van der Waals surface area contributed by atoms with Crippen molar-refractivity contribution in [2.24, 2.45) is 11.8 Å². The van der Waals surface area contributed by atoms with Gasteiger partial charge in [0.25, 0.3) is 0 Å². The molecule has 4 amide bonds. The largest absolute Gasteiger partial charge is 0.352 e. The standard InChI is InChI=1S/C26H33N3O4/c1-18(24(31)27-20-11-5-6-12-20)29(17-19-9-3-2-4-10-19)23(30)15-16-28-25(32)21-13-7-8-14-22(21)26(28)33/h2-4,7-10,18,20-22H,5-6,11-17H2,1H3,(H,27,31)/t18?,21-,22+. The molecule has 1 saturated carbocycles. The Bertz CT molecular complexity index is 897. The van der Waals surface area contributed by atoms with E-state index < -0.39 is 6.04 Å². The minimum atomic E-state index is -0.643. The van der Waals surface area contributed by atoms with E-state index in [0.717, 1.165) is 31.2 Å². The topological polar surface area (TPSA) is 86.8 Å². The molecule has 33 heavy (non-hydrogen) atoms. The Hall–Kier alpha value is -2.96. The second kappa shape index (κ2) is 10.3. The molecule has 0 spiro atoms. The van der Waals surface area contributed by atoms with Gasteiger partial charge in [-0.05, 0) is 38.2 Å². The number of amides is 4. The van der Waals surface area contributed by atoms with Gasteiger partial charge >= 0.3 is 0 Å². The lowest BCUT2D eigenvalue weighted by Gasteiger charge is -2.30. The highest BCUT2D eigenvalue weighted by molar-refractivity contribution is 6.05. The van der Waals surface area contributed by atoms with Crippen LogP contribution < -0.4 is 5.32 Å². The second-order valence-corrected chi connectivity index (χ2v) is 9.41. The van der Waals surface area contributed by atoms with E-state index in [4.69, 9.17) is 0 Å². The highest BCUT2D eigenvalue weighted by Crippen LogP contribution is 2.35. The summed E-state index contributed by atoms with van der Waals surface area (Å²) in [5, 5.41) is 3.09. The molecule has 2 fully saturated rings. The number of benzene rings is 1. The summed E-state index contributed by atoms with van der Waals surface area (Å²) in [5.74, 6) is -1.34. The maximum Gasteiger partial charge on any atom is 0.242 e. The van der Waals surface area contributed by atoms with Crippen molar-refractivity contribution in [2.75, 3.05) is 6.54 Å². The molecule has 0 radical (unpaired) electrons. The fraction of sp³-hybridized carbons (Fsp3) is 0.538. The highest BCUT2D eigenvalue weighted by Gasteiger charge is 2.47. The number of carbonyl (C=O) groups excluding carboxylic acids is 4. The van der Waals surface area contributed by atoms with Crippen LogP contribution >= 0.6 is 0 Å². The average molecular weight is 452 g/mol. The molecule has 3 atom stereocenters. The number of imide groups is 1. The minimum absolute atomic E-state index is 0.0121. The third-order valence-electron chi connectivity index (χ3n) is 7.21. The van der Waals surface area contributed by atoms with Crippen molar-refractivity contribution >= 4 is 23.6 Å². The number of hydrogen-bond acceptors (Lipinski definition) is 4. The van der Waals surface area contributed by atoms with Gasteiger partial charge in [-0.3, -0.25) is 24.1 Å². The molecule has 1 heterocycles. The molecule has 7 nitrogen and oxygen atoms in total. The average Bonchev–Trinajstić information content (AvgIpc) is 3.43. The summed E-state index contributed by atoms with van der Waals surface area (Å²) in [6, 6.07) is 9.09. The fourth-order valence-electron chi connectivity index (χ4n) is 5.20. The van der Waals surface area contributed by atoms with E-state index in [1.165, 1.54) is 4.90 Å². The molecule has 1 aromatic carbocycles. The third kappa shape index (κ3) is 5.18. The number of nitrogens with one attached hydrogen (secondary N) is 1. The van der Waals surface area contributed by atoms with Gasteiger partial charge in [-0.15, -0.1) is 0 Å². The van der Waals surface area contributed by atoms with E-state index in [-0.39, 0.29) is 54.5 Å². The SMILES string of the molecule is CC(C(=O)NC1CCCC1)N(Cc1ccccc1)C(=O)CCN1C(=O)[C@H]2CC=CC[C@H]2C1=O. The van der Waals surface area contributed by atoms with E-state index in [2.05, 4.69) is 5.32 Å². The van der Waals surface area contributed by atoms with Crippen LogP contribution in [0, 0.1) is 11.8 Å². The van der Waals surface area contributed by atoms with Crippen molar-refractivity contribution in [1.82, 2.24) is 15.1 Å². The van der Waals surface area contributed by atoms with Crippen LogP contribution in [0.5, 0.6) is 0 Å². The van der Waals surface area contributed by atoms with Gasteiger partial charge in [0.05, 0.1) is 11.8 Å². The lowest BCUT2D eigenvalue weighted by Crippen LogP contribution is -2.50. The Labute approximate surface area is 195 Å². The Kier molecular flexibility index (Phi) is 7.26. The predicted octanol–water partition coefficient (Wildman–Crippen LogP) is 2.80. The van der Waals surface area contributed by atoms with E-state index >= 15 is 0 Å². The van der Waals surface area contributed by atoms with Crippen molar-refractivity contribution in [2.45, 2.75) is 70.5 Å². The molecule has 1 saturated heterocycles. The number of fused-ring (bicyclic) bond motifs is 1. The molecule has 0 aromatic heterocycles. The monoisotopic (exact) mass is 451 g/mol. The summed E-state index contributed by atoms with van der Waals surface area (Å²) >= 11 is 0. The molecule has 3 aliphatic rings. The van der Waals surface area contributed by atoms with Crippen molar-refractivity contribution < 1.29 is 19.2 Å². The lowest BCUT2D eigenvalue weighted by atomic mass is 9.85. The minimum Gasteiger partial charge on any atom is -0.352 e. The third-order valence-corrected chi connectivity index (χ3v) is 7.21. The molecule has 176 valence electrons. The van der Waals surface area contributed by atoms with Crippen LogP contribution in [0.2, 0.25) is 0 Å². The first-order valence-corrected chi connectivity index (χ1v) is 12.1. The van der Waals surface area contributed by atoms with Crippen LogP contribution in [-0.4, -0.2) is 52.1 Å². The maximum atomic E-state index is 13.3. The van der Waals surface area contributed by atoms with Crippen LogP contribution in [0.25, 0.3) is 0 Å². The first-order chi connectivity index (χ1) is 16.0. The van der Waals surface area contributed by atoms with Gasteiger partial charge < -0.3 is 10.2 Å². The van der Waals surface area contributed by atoms with Crippen molar-refractivity contribution in [3.63, 3.8) is 0 Å². The normalized spacial score (nSPS) is 23.5. The number of rotatable bonds is 8. The molecular formula is C26H33N3O4. The van der Waals surface area contributed by atoms with Gasteiger partial charge in [-0.25, -0.2) is 0 Å². The number of hydrogen-bond donors (Lipinski definition) is 1. The number of carbonyl (C=O) groups is 4. The molecule has 4 rings (SSSR count). The summed E-state index contributed by atoms with van der Waals surface area (Å²) in [6.07, 6.45) is 9.25. The molecule has 0 bridgehead atoms. The van der Waals surface area contributed by atoms with Crippen LogP contribution in [0.1, 0.15) is 57.4 Å². The van der Waals surface area contributed by atoms with Gasteiger partial charge in [0.15, 0.2) is 0 Å². The molecule has 1 aromatic rings. The summed E-state index contributed by atoms with van der Waals surface area (Å²) in [6.45, 7) is 2.11. The fourth-order valence-corrected chi connectivity index (χ4v) is 5.20. The lowest BCUT2D eigenvalue weighted by molar-refractivity contribution is -0.144. The van der Waals surface area contributed by atoms with Gasteiger partial charge in [0.1, 0.15) is 6.04 Å². The van der Waals surface area contributed by atoms with Crippen molar-refractivity contribution in [1.29, 1.82) is 0 Å². The van der Waals surface area contributed by atoms with E-state index in [9.17, 15) is 19.2 Å². The summed E-state index contributed by atoms with van der Waals surface area (Å²) in [7, 11) is 0. The zero-order valence-electron chi connectivity index (χ0n) is 19.2. The predicted molar refractivity (Wildman–Crippen MR) is 124 cm³/mol. The summed E-state index contributed by atoms with van der Waals surface area (Å²) in [4.78, 5) is 54.5. The van der Waals surface area contributed by atoms with Gasteiger partial charge in [-0.1, -0.05) is 55.3 Å². The number of likely N-dealkylation sites (tertiary alicyclic amines) is 1. The first kappa shape index (κ1) is 23.2. The van der Waals surface area contributed by atoms with Crippen LogP contribution in [0.4, 0.5) is 0 Å². The van der Waals surface area contributed by atoms with Gasteiger partial charge in [0.2, 0.25) is 23.6 Å². The van der Waals surface area contributed by atoms with Crippen LogP contribution in [-0.2, 0) is 25.7 Å².